The lowest BCUT2D eigenvalue weighted by Gasteiger charge is -2.28. The summed E-state index contributed by atoms with van der Waals surface area (Å²) < 4.78 is 0. The van der Waals surface area contributed by atoms with Crippen LogP contribution >= 0.6 is 24.0 Å². The molecule has 3 N–H and O–H groups in total. The highest BCUT2D eigenvalue weighted by Gasteiger charge is 2.24. The van der Waals surface area contributed by atoms with Gasteiger partial charge in [0.05, 0.1) is 12.1 Å². The van der Waals surface area contributed by atoms with Crippen molar-refractivity contribution in [2.45, 2.75) is 58.6 Å². The van der Waals surface area contributed by atoms with Crippen LogP contribution in [0.3, 0.4) is 0 Å². The fourth-order valence-electron chi connectivity index (χ4n) is 3.00. The van der Waals surface area contributed by atoms with Crippen molar-refractivity contribution < 1.29 is 9.90 Å². The molecule has 0 heterocycles. The largest absolute Gasteiger partial charge is 0.388 e. The topological polar surface area (TPSA) is 77.0 Å². The van der Waals surface area contributed by atoms with Gasteiger partial charge in [-0.05, 0) is 37.5 Å². The second kappa shape index (κ2) is 13.8. The molecule has 6 nitrogen and oxygen atoms in total. The van der Waals surface area contributed by atoms with E-state index in [0.717, 1.165) is 37.8 Å². The Hall–Kier alpha value is -1.35. The second-order valence-corrected chi connectivity index (χ2v) is 7.17. The summed E-state index contributed by atoms with van der Waals surface area (Å²) >= 11 is 0. The molecule has 0 radical (unpaired) electrons. The summed E-state index contributed by atoms with van der Waals surface area (Å²) in [7, 11) is 3.49. The standard InChI is InChI=1S/C21H36N4O2.HI/c1-6-13-21(27,14-7-2)16-24-20(22-8-3)23-15-17-9-11-18(12-10-17)19(26)25(4)5;/h9-12,27H,6-8,13-16H2,1-5H3,(H2,22,23,24);1H. The van der Waals surface area contributed by atoms with Crippen LogP contribution < -0.4 is 10.6 Å². The van der Waals surface area contributed by atoms with Crippen LogP contribution in [0.15, 0.2) is 29.3 Å². The maximum atomic E-state index is 11.9. The van der Waals surface area contributed by atoms with Crippen molar-refractivity contribution in [2.24, 2.45) is 4.99 Å². The molecule has 1 amide bonds. The van der Waals surface area contributed by atoms with Gasteiger partial charge < -0.3 is 20.6 Å². The summed E-state index contributed by atoms with van der Waals surface area (Å²) in [5, 5.41) is 17.3. The highest BCUT2D eigenvalue weighted by molar-refractivity contribution is 14.0. The number of nitrogens with one attached hydrogen (secondary N) is 2. The van der Waals surface area contributed by atoms with E-state index in [1.165, 1.54) is 0 Å². The van der Waals surface area contributed by atoms with Crippen molar-refractivity contribution in [1.82, 2.24) is 15.5 Å². The third-order valence-corrected chi connectivity index (χ3v) is 4.39. The number of benzene rings is 1. The minimum Gasteiger partial charge on any atom is -0.388 e. The quantitative estimate of drug-likeness (QED) is 0.260. The first-order valence-electron chi connectivity index (χ1n) is 9.90. The number of hydrogen-bond donors (Lipinski definition) is 3. The van der Waals surface area contributed by atoms with Crippen LogP contribution in [0.5, 0.6) is 0 Å². The number of carbonyl (C=O) groups is 1. The van der Waals surface area contributed by atoms with Gasteiger partial charge in [-0.15, -0.1) is 24.0 Å². The van der Waals surface area contributed by atoms with E-state index in [4.69, 9.17) is 0 Å². The fraction of sp³-hybridized carbons (Fsp3) is 0.619. The van der Waals surface area contributed by atoms with Crippen LogP contribution in [0.4, 0.5) is 0 Å². The average Bonchev–Trinajstić information content (AvgIpc) is 2.64. The van der Waals surface area contributed by atoms with Crippen LogP contribution in [-0.2, 0) is 6.54 Å². The maximum Gasteiger partial charge on any atom is 0.253 e. The van der Waals surface area contributed by atoms with Gasteiger partial charge in [0.2, 0.25) is 0 Å². The SMILES string of the molecule is CCCC(O)(CCC)CNC(=NCc1ccc(C(=O)N(C)C)cc1)NCC.I. The number of guanidine groups is 1. The van der Waals surface area contributed by atoms with Gasteiger partial charge in [0.1, 0.15) is 0 Å². The van der Waals surface area contributed by atoms with E-state index in [-0.39, 0.29) is 29.9 Å². The summed E-state index contributed by atoms with van der Waals surface area (Å²) in [6, 6.07) is 7.51. The maximum absolute atomic E-state index is 11.9. The number of aliphatic hydroxyl groups is 1. The first-order valence-corrected chi connectivity index (χ1v) is 9.90. The summed E-state index contributed by atoms with van der Waals surface area (Å²) in [5.41, 5.74) is 0.996. The van der Waals surface area contributed by atoms with Crippen molar-refractivity contribution >= 4 is 35.8 Å². The molecule has 0 saturated carbocycles. The Morgan fingerprint density at radius 2 is 1.64 bits per heavy atom. The van der Waals surface area contributed by atoms with Crippen LogP contribution in [0.2, 0.25) is 0 Å². The summed E-state index contributed by atoms with van der Waals surface area (Å²) in [4.78, 5) is 18.1. The van der Waals surface area contributed by atoms with Gasteiger partial charge in [-0.3, -0.25) is 4.79 Å². The van der Waals surface area contributed by atoms with Gasteiger partial charge in [0, 0.05) is 32.7 Å². The predicted molar refractivity (Wildman–Crippen MR) is 127 cm³/mol. The van der Waals surface area contributed by atoms with Crippen LogP contribution in [0.1, 0.15) is 62.4 Å². The van der Waals surface area contributed by atoms with Gasteiger partial charge in [-0.25, -0.2) is 4.99 Å². The molecule has 7 heteroatoms. The van der Waals surface area contributed by atoms with E-state index in [0.29, 0.717) is 24.6 Å². The molecule has 0 aliphatic carbocycles. The normalized spacial score (nSPS) is 11.6. The van der Waals surface area contributed by atoms with Crippen molar-refractivity contribution in [1.29, 1.82) is 0 Å². The van der Waals surface area contributed by atoms with Gasteiger partial charge in [-0.1, -0.05) is 38.8 Å². The van der Waals surface area contributed by atoms with E-state index in [1.807, 2.05) is 31.2 Å². The zero-order valence-corrected chi connectivity index (χ0v) is 20.2. The number of amides is 1. The lowest BCUT2D eigenvalue weighted by atomic mass is 9.93. The number of halogens is 1. The molecular weight excluding hydrogens is 467 g/mol. The molecule has 160 valence electrons. The Morgan fingerprint density at radius 3 is 2.11 bits per heavy atom. The first kappa shape index (κ1) is 26.6. The Kier molecular flexibility index (Phi) is 13.1. The molecule has 0 aromatic heterocycles. The minimum atomic E-state index is -0.701. The first-order chi connectivity index (χ1) is 12.8. The van der Waals surface area contributed by atoms with Crippen LogP contribution in [0, 0.1) is 0 Å². The van der Waals surface area contributed by atoms with E-state index >= 15 is 0 Å². The summed E-state index contributed by atoms with van der Waals surface area (Å²) in [6.07, 6.45) is 3.44. The van der Waals surface area contributed by atoms with E-state index in [2.05, 4.69) is 29.5 Å². The molecule has 0 bridgehead atoms. The molecule has 28 heavy (non-hydrogen) atoms. The molecule has 0 fully saturated rings. The molecule has 0 atom stereocenters. The number of nitrogens with zero attached hydrogens (tertiary/aromatic N) is 2. The van der Waals surface area contributed by atoms with Crippen molar-refractivity contribution in [3.8, 4) is 0 Å². The molecule has 0 spiro atoms. The molecule has 1 aromatic rings. The smallest absolute Gasteiger partial charge is 0.253 e. The van der Waals surface area contributed by atoms with Crippen molar-refractivity contribution in [3.05, 3.63) is 35.4 Å². The van der Waals surface area contributed by atoms with E-state index < -0.39 is 5.60 Å². The Morgan fingerprint density at radius 1 is 1.07 bits per heavy atom. The molecule has 0 aliphatic heterocycles. The lowest BCUT2D eigenvalue weighted by Crippen LogP contribution is -2.47. The van der Waals surface area contributed by atoms with Crippen LogP contribution in [-0.4, -0.2) is 54.7 Å². The minimum absolute atomic E-state index is 0. The Bertz CT molecular complexity index is 597. The third kappa shape index (κ3) is 9.23. The average molecular weight is 504 g/mol. The van der Waals surface area contributed by atoms with Gasteiger partial charge in [0.15, 0.2) is 5.96 Å². The van der Waals surface area contributed by atoms with Gasteiger partial charge in [-0.2, -0.15) is 0 Å². The van der Waals surface area contributed by atoms with E-state index in [1.54, 1.807) is 19.0 Å². The Balaban J connectivity index is 0.00000729. The van der Waals surface area contributed by atoms with Crippen LogP contribution in [0.25, 0.3) is 0 Å². The van der Waals surface area contributed by atoms with Gasteiger partial charge in [0.25, 0.3) is 5.91 Å². The number of carbonyl (C=O) groups excluding carboxylic acids is 1. The summed E-state index contributed by atoms with van der Waals surface area (Å²) in [5.74, 6) is 0.683. The Labute approximate surface area is 187 Å². The predicted octanol–water partition coefficient (Wildman–Crippen LogP) is 3.39. The van der Waals surface area contributed by atoms with Crippen molar-refractivity contribution in [3.63, 3.8) is 0 Å². The molecular formula is C21H37IN4O2. The third-order valence-electron chi connectivity index (χ3n) is 4.39. The van der Waals surface area contributed by atoms with E-state index in [9.17, 15) is 9.90 Å². The zero-order valence-electron chi connectivity index (χ0n) is 17.9. The summed E-state index contributed by atoms with van der Waals surface area (Å²) in [6.45, 7) is 7.93. The molecule has 0 saturated heterocycles. The molecule has 0 aliphatic rings. The lowest BCUT2D eigenvalue weighted by molar-refractivity contribution is 0.0257. The second-order valence-electron chi connectivity index (χ2n) is 7.17. The molecule has 1 rings (SSSR count). The van der Waals surface area contributed by atoms with Crippen molar-refractivity contribution in [2.75, 3.05) is 27.2 Å². The highest BCUT2D eigenvalue weighted by Crippen LogP contribution is 2.18. The number of rotatable bonds is 10. The highest BCUT2D eigenvalue weighted by atomic mass is 127. The molecule has 0 unspecified atom stereocenters. The monoisotopic (exact) mass is 504 g/mol. The fourth-order valence-corrected chi connectivity index (χ4v) is 3.00. The molecule has 1 aromatic carbocycles. The number of hydrogen-bond acceptors (Lipinski definition) is 3. The zero-order chi connectivity index (χ0) is 20.3. The van der Waals surface area contributed by atoms with Gasteiger partial charge >= 0.3 is 0 Å². The number of aliphatic imine (C=N–C) groups is 1.